The number of aromatic nitrogens is 3. The lowest BCUT2D eigenvalue weighted by atomic mass is 10.1. The Balaban J connectivity index is 2.28. The fraction of sp³-hybridized carbons (Fsp3) is 0.300. The first-order chi connectivity index (χ1) is 8.53. The molecule has 2 aromatic heterocycles. The minimum Gasteiger partial charge on any atom is -0.356 e. The maximum absolute atomic E-state index is 13.6. The number of anilines is 2. The van der Waals surface area contributed by atoms with Gasteiger partial charge in [-0.1, -0.05) is 0 Å². The number of rotatable bonds is 4. The van der Waals surface area contributed by atoms with Crippen molar-refractivity contribution in [3.8, 4) is 0 Å². The molecule has 96 valence electrons. The van der Waals surface area contributed by atoms with Crippen LogP contribution in [0, 0.1) is 5.82 Å². The molecule has 0 unspecified atom stereocenters. The van der Waals surface area contributed by atoms with Gasteiger partial charge in [0.05, 0.1) is 11.7 Å². The molecule has 0 aliphatic rings. The van der Waals surface area contributed by atoms with Crippen LogP contribution in [0.4, 0.5) is 16.2 Å². The van der Waals surface area contributed by atoms with Crippen LogP contribution >= 0.6 is 11.3 Å². The van der Waals surface area contributed by atoms with E-state index < -0.39 is 11.4 Å². The quantitative estimate of drug-likeness (QED) is 0.578. The lowest BCUT2D eigenvalue weighted by Gasteiger charge is -2.24. The molecule has 0 spiro atoms. The van der Waals surface area contributed by atoms with Crippen molar-refractivity contribution in [2.24, 2.45) is 5.84 Å². The van der Waals surface area contributed by atoms with E-state index in [2.05, 4.69) is 25.7 Å². The first-order valence-electron chi connectivity index (χ1n) is 5.20. The zero-order valence-electron chi connectivity index (χ0n) is 9.94. The molecule has 0 saturated carbocycles. The molecule has 2 heterocycles. The molecule has 0 amide bonds. The first-order valence-corrected chi connectivity index (χ1v) is 6.08. The molecule has 18 heavy (non-hydrogen) atoms. The van der Waals surface area contributed by atoms with Gasteiger partial charge in [-0.15, -0.1) is 11.3 Å². The average Bonchev–Trinajstić information content (AvgIpc) is 2.86. The zero-order chi connectivity index (χ0) is 13.2. The van der Waals surface area contributed by atoms with E-state index in [4.69, 9.17) is 5.84 Å². The third kappa shape index (κ3) is 2.54. The average molecular weight is 268 g/mol. The molecule has 0 aliphatic heterocycles. The van der Waals surface area contributed by atoms with Crippen molar-refractivity contribution in [2.75, 3.05) is 10.7 Å². The van der Waals surface area contributed by atoms with E-state index in [1.165, 1.54) is 11.3 Å². The molecular formula is C10H13FN6S. The Hall–Kier alpha value is -1.80. The van der Waals surface area contributed by atoms with Crippen molar-refractivity contribution in [2.45, 2.75) is 19.4 Å². The van der Waals surface area contributed by atoms with Gasteiger partial charge in [-0.3, -0.25) is 5.43 Å². The predicted molar refractivity (Wildman–Crippen MR) is 68.6 cm³/mol. The Morgan fingerprint density at radius 1 is 1.39 bits per heavy atom. The SMILES string of the molecule is CC(C)(Nc1nc(NN)ncc1F)c1nccs1. The van der Waals surface area contributed by atoms with Crippen LogP contribution < -0.4 is 16.6 Å². The minimum absolute atomic E-state index is 0.0816. The third-order valence-electron chi connectivity index (χ3n) is 2.27. The fourth-order valence-electron chi connectivity index (χ4n) is 1.41. The van der Waals surface area contributed by atoms with E-state index in [9.17, 15) is 4.39 Å². The smallest absolute Gasteiger partial charge is 0.239 e. The molecule has 8 heteroatoms. The van der Waals surface area contributed by atoms with Gasteiger partial charge in [0.25, 0.3) is 0 Å². The summed E-state index contributed by atoms with van der Waals surface area (Å²) in [6.07, 6.45) is 2.76. The first kappa shape index (κ1) is 12.7. The largest absolute Gasteiger partial charge is 0.356 e. The fourth-order valence-corrected chi connectivity index (χ4v) is 2.12. The lowest BCUT2D eigenvalue weighted by Crippen LogP contribution is -2.29. The summed E-state index contributed by atoms with van der Waals surface area (Å²) in [4.78, 5) is 11.8. The van der Waals surface area contributed by atoms with Gasteiger partial charge in [-0.05, 0) is 13.8 Å². The number of nitrogens with two attached hydrogens (primary N) is 1. The summed E-state index contributed by atoms with van der Waals surface area (Å²) in [6.45, 7) is 3.78. The molecule has 0 aliphatic carbocycles. The van der Waals surface area contributed by atoms with Gasteiger partial charge < -0.3 is 5.32 Å². The molecule has 2 rings (SSSR count). The summed E-state index contributed by atoms with van der Waals surface area (Å²) in [6, 6.07) is 0. The van der Waals surface area contributed by atoms with Crippen molar-refractivity contribution >= 4 is 23.1 Å². The maximum atomic E-state index is 13.6. The van der Waals surface area contributed by atoms with Gasteiger partial charge in [-0.25, -0.2) is 20.2 Å². The van der Waals surface area contributed by atoms with E-state index in [0.717, 1.165) is 11.2 Å². The van der Waals surface area contributed by atoms with Crippen LogP contribution in [0.5, 0.6) is 0 Å². The van der Waals surface area contributed by atoms with Crippen molar-refractivity contribution < 1.29 is 4.39 Å². The highest BCUT2D eigenvalue weighted by molar-refractivity contribution is 7.09. The molecule has 6 nitrogen and oxygen atoms in total. The number of nitrogens with one attached hydrogen (secondary N) is 2. The van der Waals surface area contributed by atoms with Crippen molar-refractivity contribution in [1.29, 1.82) is 0 Å². The molecule has 0 fully saturated rings. The van der Waals surface area contributed by atoms with E-state index in [1.54, 1.807) is 6.20 Å². The Bertz CT molecular complexity index is 527. The summed E-state index contributed by atoms with van der Waals surface area (Å²) in [5.41, 5.74) is 1.74. The normalized spacial score (nSPS) is 11.3. The summed E-state index contributed by atoms with van der Waals surface area (Å²) in [5, 5.41) is 5.69. The predicted octanol–water partition coefficient (Wildman–Crippen LogP) is 1.70. The highest BCUT2D eigenvalue weighted by Crippen LogP contribution is 2.27. The van der Waals surface area contributed by atoms with Crippen LogP contribution in [0.1, 0.15) is 18.9 Å². The number of nitrogen functional groups attached to an aromatic ring is 1. The lowest BCUT2D eigenvalue weighted by molar-refractivity contribution is 0.571. The second-order valence-electron chi connectivity index (χ2n) is 4.12. The number of hydrazine groups is 1. The van der Waals surface area contributed by atoms with Gasteiger partial charge in [0, 0.05) is 11.6 Å². The van der Waals surface area contributed by atoms with Gasteiger partial charge in [0.2, 0.25) is 5.95 Å². The van der Waals surface area contributed by atoms with Crippen LogP contribution in [0.2, 0.25) is 0 Å². The van der Waals surface area contributed by atoms with Crippen molar-refractivity contribution in [3.63, 3.8) is 0 Å². The van der Waals surface area contributed by atoms with Gasteiger partial charge in [0.1, 0.15) is 5.01 Å². The van der Waals surface area contributed by atoms with Crippen molar-refractivity contribution in [3.05, 3.63) is 28.6 Å². The van der Waals surface area contributed by atoms with E-state index in [1.807, 2.05) is 19.2 Å². The molecule has 0 radical (unpaired) electrons. The zero-order valence-corrected chi connectivity index (χ0v) is 10.8. The van der Waals surface area contributed by atoms with E-state index in [-0.39, 0.29) is 11.8 Å². The molecule has 0 bridgehead atoms. The highest BCUT2D eigenvalue weighted by atomic mass is 32.1. The van der Waals surface area contributed by atoms with Gasteiger partial charge in [0.15, 0.2) is 11.6 Å². The van der Waals surface area contributed by atoms with E-state index >= 15 is 0 Å². The standard InChI is InChI=1S/C10H13FN6S/c1-10(2,8-13-3-4-18-8)16-7-6(11)5-14-9(15-7)17-12/h3-5H,12H2,1-2H3,(H2,14,15,16,17). The maximum Gasteiger partial charge on any atom is 0.239 e. The monoisotopic (exact) mass is 268 g/mol. The summed E-state index contributed by atoms with van der Waals surface area (Å²) < 4.78 is 13.6. The number of nitrogens with zero attached hydrogens (tertiary/aromatic N) is 3. The van der Waals surface area contributed by atoms with Crippen LogP contribution in [-0.4, -0.2) is 15.0 Å². The molecule has 0 saturated heterocycles. The molecule has 0 atom stereocenters. The van der Waals surface area contributed by atoms with Crippen LogP contribution in [0.3, 0.4) is 0 Å². The van der Waals surface area contributed by atoms with E-state index in [0.29, 0.717) is 0 Å². The van der Waals surface area contributed by atoms with Crippen molar-refractivity contribution in [1.82, 2.24) is 15.0 Å². The number of halogens is 1. The third-order valence-corrected chi connectivity index (χ3v) is 3.37. The number of thiazole rings is 1. The topological polar surface area (TPSA) is 88.8 Å². The van der Waals surface area contributed by atoms with Gasteiger partial charge in [-0.2, -0.15) is 4.98 Å². The highest BCUT2D eigenvalue weighted by Gasteiger charge is 2.25. The van der Waals surface area contributed by atoms with Gasteiger partial charge >= 0.3 is 0 Å². The Labute approximate surface area is 107 Å². The van der Waals surface area contributed by atoms with Crippen LogP contribution in [0.15, 0.2) is 17.8 Å². The Kier molecular flexibility index (Phi) is 3.39. The molecule has 4 N–H and O–H groups in total. The second kappa shape index (κ2) is 4.83. The van der Waals surface area contributed by atoms with Crippen LogP contribution in [-0.2, 0) is 5.54 Å². The molecular weight excluding hydrogens is 255 g/mol. The minimum atomic E-state index is -0.543. The number of hydrogen-bond acceptors (Lipinski definition) is 7. The summed E-state index contributed by atoms with van der Waals surface area (Å²) >= 11 is 1.49. The number of hydrogen-bond donors (Lipinski definition) is 3. The molecule has 0 aromatic carbocycles. The second-order valence-corrected chi connectivity index (χ2v) is 5.02. The Morgan fingerprint density at radius 3 is 2.78 bits per heavy atom. The summed E-state index contributed by atoms with van der Waals surface area (Å²) in [7, 11) is 0. The summed E-state index contributed by atoms with van der Waals surface area (Å²) in [5.74, 6) is 4.88. The Morgan fingerprint density at radius 2 is 2.17 bits per heavy atom. The van der Waals surface area contributed by atoms with Crippen LogP contribution in [0.25, 0.3) is 0 Å². The molecule has 2 aromatic rings.